The van der Waals surface area contributed by atoms with Crippen LogP contribution in [0, 0.1) is 20.2 Å². The Balaban J connectivity index is 3.15. The molecular weight excluding hydrogens is 240 g/mol. The van der Waals surface area contributed by atoms with Crippen LogP contribution in [0.15, 0.2) is 18.2 Å². The van der Waals surface area contributed by atoms with Crippen molar-refractivity contribution in [2.75, 3.05) is 0 Å². The molecule has 96 valence electrons. The molecule has 0 aliphatic heterocycles. The first-order valence-corrected chi connectivity index (χ1v) is 5.43. The standard InChI is InChI=1S/C11H12N2O5/c1-2-3-4-11(14)9-6-5-8(12(15)16)7-10(9)13(17)18/h5-7H,2-4H2,1H3. The molecule has 0 spiro atoms. The summed E-state index contributed by atoms with van der Waals surface area (Å²) < 4.78 is 0. The van der Waals surface area contributed by atoms with E-state index < -0.39 is 21.2 Å². The fraction of sp³-hybridized carbons (Fsp3) is 0.364. The minimum atomic E-state index is -0.772. The number of hydrogen-bond donors (Lipinski definition) is 0. The maximum atomic E-state index is 11.7. The summed E-state index contributed by atoms with van der Waals surface area (Å²) in [6, 6.07) is 3.07. The third-order valence-electron chi connectivity index (χ3n) is 2.45. The Morgan fingerprint density at radius 1 is 1.22 bits per heavy atom. The fourth-order valence-electron chi connectivity index (χ4n) is 1.49. The summed E-state index contributed by atoms with van der Waals surface area (Å²) in [6.07, 6.45) is 1.63. The highest BCUT2D eigenvalue weighted by Crippen LogP contribution is 2.26. The second kappa shape index (κ2) is 5.85. The second-order valence-corrected chi connectivity index (χ2v) is 3.74. The number of nitrogens with zero attached hydrogens (tertiary/aromatic N) is 2. The molecule has 0 aliphatic rings. The van der Waals surface area contributed by atoms with Crippen LogP contribution in [0.2, 0.25) is 0 Å². The average Bonchev–Trinajstić information content (AvgIpc) is 2.34. The van der Waals surface area contributed by atoms with Crippen LogP contribution < -0.4 is 0 Å². The zero-order chi connectivity index (χ0) is 13.7. The normalized spacial score (nSPS) is 10.1. The molecule has 1 aromatic carbocycles. The Labute approximate surface area is 103 Å². The Bertz CT molecular complexity index is 498. The summed E-state index contributed by atoms with van der Waals surface area (Å²) >= 11 is 0. The Morgan fingerprint density at radius 2 is 1.89 bits per heavy atom. The molecule has 0 amide bonds. The summed E-state index contributed by atoms with van der Waals surface area (Å²) in [5.74, 6) is -0.363. The Hall–Kier alpha value is -2.31. The van der Waals surface area contributed by atoms with Crippen molar-refractivity contribution in [3.8, 4) is 0 Å². The molecule has 0 saturated carbocycles. The highest BCUT2D eigenvalue weighted by molar-refractivity contribution is 6.00. The van der Waals surface area contributed by atoms with Gasteiger partial charge in [-0.2, -0.15) is 0 Å². The van der Waals surface area contributed by atoms with Crippen LogP contribution in [0.25, 0.3) is 0 Å². The minimum absolute atomic E-state index is 0.0703. The van der Waals surface area contributed by atoms with E-state index in [1.165, 1.54) is 0 Å². The summed E-state index contributed by atoms with van der Waals surface area (Å²) in [7, 11) is 0. The molecule has 7 nitrogen and oxygen atoms in total. The van der Waals surface area contributed by atoms with Crippen molar-refractivity contribution >= 4 is 17.2 Å². The number of ketones is 1. The number of nitro groups is 2. The van der Waals surface area contributed by atoms with Crippen LogP contribution >= 0.6 is 0 Å². The molecule has 0 aromatic heterocycles. The average molecular weight is 252 g/mol. The predicted molar refractivity (Wildman–Crippen MR) is 63.6 cm³/mol. The first kappa shape index (κ1) is 13.8. The number of carbonyl (C=O) groups excluding carboxylic acids is 1. The largest absolute Gasteiger partial charge is 0.294 e. The SMILES string of the molecule is CCCCC(=O)c1ccc([N+](=O)[O-])cc1[N+](=O)[O-]. The van der Waals surface area contributed by atoms with Gasteiger partial charge in [-0.15, -0.1) is 0 Å². The summed E-state index contributed by atoms with van der Waals surface area (Å²) in [6.45, 7) is 1.90. The maximum absolute atomic E-state index is 11.7. The van der Waals surface area contributed by atoms with E-state index in [-0.39, 0.29) is 17.8 Å². The Morgan fingerprint density at radius 3 is 2.39 bits per heavy atom. The minimum Gasteiger partial charge on any atom is -0.294 e. The lowest BCUT2D eigenvalue weighted by Gasteiger charge is -2.01. The fourth-order valence-corrected chi connectivity index (χ4v) is 1.49. The number of unbranched alkanes of at least 4 members (excludes halogenated alkanes) is 1. The van der Waals surface area contributed by atoms with Crippen molar-refractivity contribution in [2.24, 2.45) is 0 Å². The number of Topliss-reactive ketones (excluding diaryl/α,β-unsaturated/α-hetero) is 1. The molecule has 7 heteroatoms. The van der Waals surface area contributed by atoms with Gasteiger partial charge in [0.05, 0.1) is 21.5 Å². The van der Waals surface area contributed by atoms with Crippen molar-refractivity contribution in [1.82, 2.24) is 0 Å². The van der Waals surface area contributed by atoms with E-state index in [0.29, 0.717) is 6.42 Å². The van der Waals surface area contributed by atoms with Gasteiger partial charge in [-0.25, -0.2) is 0 Å². The second-order valence-electron chi connectivity index (χ2n) is 3.74. The third kappa shape index (κ3) is 3.09. The molecule has 0 unspecified atom stereocenters. The first-order chi connectivity index (χ1) is 8.47. The monoisotopic (exact) mass is 252 g/mol. The summed E-state index contributed by atoms with van der Waals surface area (Å²) in [4.78, 5) is 31.6. The molecule has 0 fully saturated rings. The quantitative estimate of drug-likeness (QED) is 0.440. The van der Waals surface area contributed by atoms with Crippen LogP contribution in [0.4, 0.5) is 11.4 Å². The van der Waals surface area contributed by atoms with Crippen LogP contribution in [0.5, 0.6) is 0 Å². The van der Waals surface area contributed by atoms with E-state index in [0.717, 1.165) is 24.6 Å². The van der Waals surface area contributed by atoms with Gasteiger partial charge in [-0.3, -0.25) is 25.0 Å². The van der Waals surface area contributed by atoms with Crippen molar-refractivity contribution in [2.45, 2.75) is 26.2 Å². The molecule has 18 heavy (non-hydrogen) atoms. The van der Waals surface area contributed by atoms with Gasteiger partial charge in [0.15, 0.2) is 5.78 Å². The first-order valence-electron chi connectivity index (χ1n) is 5.43. The molecule has 0 aliphatic carbocycles. The number of nitro benzene ring substituents is 2. The van der Waals surface area contributed by atoms with Gasteiger partial charge in [0, 0.05) is 12.5 Å². The molecule has 1 rings (SSSR count). The summed E-state index contributed by atoms with van der Waals surface area (Å²) in [5.41, 5.74) is -0.974. The van der Waals surface area contributed by atoms with Gasteiger partial charge >= 0.3 is 0 Å². The number of non-ortho nitro benzene ring substituents is 1. The van der Waals surface area contributed by atoms with Crippen LogP contribution in [0.1, 0.15) is 36.5 Å². The lowest BCUT2D eigenvalue weighted by Crippen LogP contribution is -2.04. The highest BCUT2D eigenvalue weighted by atomic mass is 16.6. The van der Waals surface area contributed by atoms with E-state index in [2.05, 4.69) is 0 Å². The van der Waals surface area contributed by atoms with Gasteiger partial charge in [0.2, 0.25) is 0 Å². The zero-order valence-electron chi connectivity index (χ0n) is 9.79. The Kier molecular flexibility index (Phi) is 4.47. The molecule has 0 saturated heterocycles. The lowest BCUT2D eigenvalue weighted by molar-refractivity contribution is -0.394. The van der Waals surface area contributed by atoms with Crippen LogP contribution in [-0.2, 0) is 0 Å². The molecule has 0 bridgehead atoms. The van der Waals surface area contributed by atoms with Crippen molar-refractivity contribution in [3.63, 3.8) is 0 Å². The molecule has 1 aromatic rings. The van der Waals surface area contributed by atoms with E-state index >= 15 is 0 Å². The smallest absolute Gasteiger partial charge is 0.287 e. The van der Waals surface area contributed by atoms with E-state index in [9.17, 15) is 25.0 Å². The van der Waals surface area contributed by atoms with Crippen LogP contribution in [-0.4, -0.2) is 15.6 Å². The molecule has 0 N–H and O–H groups in total. The number of hydrogen-bond acceptors (Lipinski definition) is 5. The number of rotatable bonds is 6. The predicted octanol–water partition coefficient (Wildman–Crippen LogP) is 2.88. The third-order valence-corrected chi connectivity index (χ3v) is 2.45. The van der Waals surface area contributed by atoms with Gasteiger partial charge in [0.1, 0.15) is 0 Å². The maximum Gasteiger partial charge on any atom is 0.287 e. The van der Waals surface area contributed by atoms with Crippen molar-refractivity contribution < 1.29 is 14.6 Å². The molecular formula is C11H12N2O5. The van der Waals surface area contributed by atoms with Gasteiger partial charge in [-0.05, 0) is 12.5 Å². The van der Waals surface area contributed by atoms with Gasteiger partial charge < -0.3 is 0 Å². The zero-order valence-corrected chi connectivity index (χ0v) is 9.79. The van der Waals surface area contributed by atoms with Gasteiger partial charge in [0.25, 0.3) is 11.4 Å². The van der Waals surface area contributed by atoms with Crippen molar-refractivity contribution in [3.05, 3.63) is 44.0 Å². The van der Waals surface area contributed by atoms with E-state index in [1.54, 1.807) is 0 Å². The molecule has 0 heterocycles. The highest BCUT2D eigenvalue weighted by Gasteiger charge is 2.23. The van der Waals surface area contributed by atoms with E-state index in [4.69, 9.17) is 0 Å². The number of carbonyl (C=O) groups is 1. The molecule has 0 radical (unpaired) electrons. The topological polar surface area (TPSA) is 103 Å². The van der Waals surface area contributed by atoms with Crippen LogP contribution in [0.3, 0.4) is 0 Å². The van der Waals surface area contributed by atoms with E-state index in [1.807, 2.05) is 6.92 Å². The van der Waals surface area contributed by atoms with Crippen molar-refractivity contribution in [1.29, 1.82) is 0 Å². The summed E-state index contributed by atoms with van der Waals surface area (Å²) in [5, 5.41) is 21.3. The molecule has 0 atom stereocenters. The lowest BCUT2D eigenvalue weighted by atomic mass is 10.0. The van der Waals surface area contributed by atoms with Gasteiger partial charge in [-0.1, -0.05) is 13.3 Å². The number of benzene rings is 1.